The van der Waals surface area contributed by atoms with Crippen LogP contribution in [0.3, 0.4) is 0 Å². The molecule has 18 aromatic rings. The third-order valence-corrected chi connectivity index (χ3v) is 26.4. The van der Waals surface area contributed by atoms with Crippen LogP contribution >= 0.6 is 22.7 Å². The number of amides is 4. The van der Waals surface area contributed by atoms with E-state index in [1.807, 2.05) is 53.0 Å². The number of unbranched alkanes of at least 4 members (excludes halogenated alkanes) is 3. The maximum atomic E-state index is 15.5. The number of fused-ring (bicyclic) bond motifs is 7. The summed E-state index contributed by atoms with van der Waals surface area (Å²) in [6.07, 6.45) is 6.36. The van der Waals surface area contributed by atoms with Crippen LogP contribution in [0.2, 0.25) is 0 Å². The third-order valence-electron chi connectivity index (χ3n) is 24.0. The molecule has 15 aromatic carbocycles. The number of para-hydroxylation sites is 3. The molecule has 0 spiro atoms. The van der Waals surface area contributed by atoms with Crippen molar-refractivity contribution in [3.05, 3.63) is 292 Å². The van der Waals surface area contributed by atoms with Gasteiger partial charge in [0.1, 0.15) is 0 Å². The van der Waals surface area contributed by atoms with Crippen molar-refractivity contribution in [2.75, 3.05) is 9.80 Å². The SMILES string of the molecule is CC(C)c1cc(CCCCCCc2ccc(-c3ccc(-c4ccc5c6ccc7c8c(ccc(c9cccc4c95)c86)C(=O)N(c4c(C(C)C)cccc4C(C)C)C7=O)s3)s2)cc(C(C)C)c1N1C(=O)c2ccc3c4cccc5c(-c6ccc7c(c6)c6ccccc6n7-c6ccccc6)ccc(c6ccc(c2c36)C1=O)c54. The molecule has 0 aliphatic carbocycles. The molecule has 4 amide bonds. The molecule has 5 heterocycles. The van der Waals surface area contributed by atoms with Crippen molar-refractivity contribution in [1.29, 1.82) is 0 Å². The van der Waals surface area contributed by atoms with E-state index in [1.54, 1.807) is 0 Å². The van der Waals surface area contributed by atoms with Gasteiger partial charge in [0.2, 0.25) is 0 Å². The average molecular weight is 1450 g/mol. The molecule has 0 bridgehead atoms. The maximum absolute atomic E-state index is 15.5. The Morgan fingerprint density at radius 2 is 0.697 bits per heavy atom. The molecular weight excluding hydrogens is 1370 g/mol. The summed E-state index contributed by atoms with van der Waals surface area (Å²) >= 11 is 3.74. The van der Waals surface area contributed by atoms with Gasteiger partial charge >= 0.3 is 0 Å². The number of hydrogen-bond donors (Lipinski definition) is 0. The zero-order chi connectivity index (χ0) is 74.1. The Balaban J connectivity index is 0.526. The number of rotatable bonds is 17. The van der Waals surface area contributed by atoms with Crippen molar-refractivity contribution in [2.24, 2.45) is 0 Å². The minimum atomic E-state index is -0.268. The summed E-state index contributed by atoms with van der Waals surface area (Å²) in [5.41, 5.74) is 16.0. The second-order valence-electron chi connectivity index (χ2n) is 31.6. The molecule has 2 aliphatic rings. The van der Waals surface area contributed by atoms with Crippen molar-refractivity contribution < 1.29 is 19.2 Å². The minimum absolute atomic E-state index is 0.0623. The fraction of sp³-hybridized carbons (Fsp3) is 0.180. The number of thiophene rings is 2. The summed E-state index contributed by atoms with van der Waals surface area (Å²) in [5, 5.41) is 19.2. The topological polar surface area (TPSA) is 79.7 Å². The summed E-state index contributed by atoms with van der Waals surface area (Å²) in [6, 6.07) is 84.6. The van der Waals surface area contributed by atoms with Crippen molar-refractivity contribution in [3.63, 3.8) is 0 Å². The average Bonchev–Trinajstić information content (AvgIpc) is 1.05. The smallest absolute Gasteiger partial charge is 0.266 e. The number of anilines is 2. The van der Waals surface area contributed by atoms with Crippen LogP contribution in [0.1, 0.15) is 179 Å². The second kappa shape index (κ2) is 25.5. The lowest BCUT2D eigenvalue weighted by Crippen LogP contribution is -2.42. The van der Waals surface area contributed by atoms with Gasteiger partial charge in [-0.3, -0.25) is 19.2 Å². The van der Waals surface area contributed by atoms with Crippen molar-refractivity contribution in [1.82, 2.24) is 4.57 Å². The Labute approximate surface area is 640 Å². The molecule has 3 aromatic heterocycles. The normalized spacial score (nSPS) is 13.5. The number of carbonyl (C=O) groups excluding carboxylic acids is 4. The predicted molar refractivity (Wildman–Crippen MR) is 459 cm³/mol. The number of carbonyl (C=O) groups is 4. The summed E-state index contributed by atoms with van der Waals surface area (Å²) in [4.78, 5) is 68.9. The molecule has 0 saturated carbocycles. The van der Waals surface area contributed by atoms with E-state index in [0.717, 1.165) is 154 Å². The maximum Gasteiger partial charge on any atom is 0.266 e. The highest BCUT2D eigenvalue weighted by molar-refractivity contribution is 7.24. The van der Waals surface area contributed by atoms with Crippen LogP contribution in [0.15, 0.2) is 237 Å². The van der Waals surface area contributed by atoms with Crippen LogP contribution in [-0.2, 0) is 12.8 Å². The highest BCUT2D eigenvalue weighted by Gasteiger charge is 2.41. The van der Waals surface area contributed by atoms with E-state index in [9.17, 15) is 9.59 Å². The lowest BCUT2D eigenvalue weighted by atomic mass is 9.82. The lowest BCUT2D eigenvalue weighted by molar-refractivity contribution is 0.0877. The van der Waals surface area contributed by atoms with E-state index in [4.69, 9.17) is 0 Å². The van der Waals surface area contributed by atoms with Crippen LogP contribution in [0.5, 0.6) is 0 Å². The summed E-state index contributed by atoms with van der Waals surface area (Å²) in [5.74, 6) is -0.706. The van der Waals surface area contributed by atoms with Gasteiger partial charge in [-0.25, -0.2) is 9.80 Å². The molecular formula is C100H79N3O4S2. The van der Waals surface area contributed by atoms with E-state index in [-0.39, 0.29) is 47.3 Å². The van der Waals surface area contributed by atoms with Crippen molar-refractivity contribution in [3.8, 4) is 37.0 Å². The zero-order valence-corrected chi connectivity index (χ0v) is 64.0. The quantitative estimate of drug-likeness (QED) is 0.0394. The first-order chi connectivity index (χ1) is 53.1. The molecule has 9 heteroatoms. The highest BCUT2D eigenvalue weighted by Crippen LogP contribution is 2.52. The third kappa shape index (κ3) is 10.1. The minimum Gasteiger partial charge on any atom is -0.309 e. The van der Waals surface area contributed by atoms with Crippen LogP contribution in [0.4, 0.5) is 11.4 Å². The number of imide groups is 2. The summed E-state index contributed by atoms with van der Waals surface area (Å²) < 4.78 is 2.36. The largest absolute Gasteiger partial charge is 0.309 e. The number of aryl methyl sites for hydroxylation is 2. The fourth-order valence-electron chi connectivity index (χ4n) is 18.9. The summed E-state index contributed by atoms with van der Waals surface area (Å²) in [7, 11) is 0. The Kier molecular flexibility index (Phi) is 15.6. The van der Waals surface area contributed by atoms with Gasteiger partial charge in [0.05, 0.1) is 22.4 Å². The highest BCUT2D eigenvalue weighted by atomic mass is 32.1. The first-order valence-electron chi connectivity index (χ1n) is 38.8. The first-order valence-corrected chi connectivity index (χ1v) is 40.4. The number of hydrogen-bond acceptors (Lipinski definition) is 6. The first kappa shape index (κ1) is 66.8. The Bertz CT molecular complexity index is 6720. The van der Waals surface area contributed by atoms with Gasteiger partial charge in [0.15, 0.2) is 0 Å². The van der Waals surface area contributed by atoms with Gasteiger partial charge in [0.25, 0.3) is 23.6 Å². The van der Waals surface area contributed by atoms with Crippen molar-refractivity contribution in [2.45, 2.75) is 118 Å². The number of aromatic nitrogens is 1. The molecule has 0 saturated heterocycles. The second-order valence-corrected chi connectivity index (χ2v) is 33.9. The Morgan fingerprint density at radius 3 is 1.25 bits per heavy atom. The molecule has 0 N–H and O–H groups in total. The number of nitrogens with zero attached hydrogens (tertiary/aromatic N) is 3. The van der Waals surface area contributed by atoms with Crippen LogP contribution in [0.25, 0.3) is 145 Å². The van der Waals surface area contributed by atoms with E-state index in [1.165, 1.54) is 83.8 Å². The van der Waals surface area contributed by atoms with E-state index < -0.39 is 0 Å². The van der Waals surface area contributed by atoms with Crippen molar-refractivity contribution >= 4 is 166 Å². The van der Waals surface area contributed by atoms with Gasteiger partial charge in [0, 0.05) is 69.0 Å². The number of benzene rings is 15. The van der Waals surface area contributed by atoms with E-state index in [0.29, 0.717) is 22.3 Å². The van der Waals surface area contributed by atoms with Gasteiger partial charge < -0.3 is 4.57 Å². The molecule has 530 valence electrons. The van der Waals surface area contributed by atoms with Crippen LogP contribution in [-0.4, -0.2) is 28.2 Å². The molecule has 0 radical (unpaired) electrons. The molecule has 2 aliphatic heterocycles. The summed E-state index contributed by atoms with van der Waals surface area (Å²) in [6.45, 7) is 17.2. The molecule has 0 unspecified atom stereocenters. The molecule has 0 fully saturated rings. The molecule has 20 rings (SSSR count). The van der Waals surface area contributed by atoms with Gasteiger partial charge in [-0.15, -0.1) is 22.7 Å². The predicted octanol–water partition coefficient (Wildman–Crippen LogP) is 27.4. The Hall–Kier alpha value is -11.6. The monoisotopic (exact) mass is 1450 g/mol. The van der Waals surface area contributed by atoms with E-state index in [2.05, 4.69) is 266 Å². The molecule has 109 heavy (non-hydrogen) atoms. The Morgan fingerprint density at radius 1 is 0.284 bits per heavy atom. The van der Waals surface area contributed by atoms with Crippen LogP contribution < -0.4 is 9.80 Å². The van der Waals surface area contributed by atoms with Gasteiger partial charge in [-0.2, -0.15) is 0 Å². The standard InChI is InChI=1S/C100H79N3O4S2/c1-54(2)62-26-18-27-63(55(3)4)95(62)102-97(104)77-43-40-74-70-31-20-29-68-66(36-38-72(90(68)70)76-42-45-78(98(102)105)93(77)92(74)76)86-49-50-88(109-86)87-48-34-61(108-87)24-15-10-9-12-21-58-51-81(56(5)6)96(82(52-58)57(7)8)103-99(106)79-44-39-73-69-30-19-28-67-64(35-37-71(89(67)69)75-41-46-80(100(103)107)94(79)91(73)75)59-33-47-85-83(53-59)65-25-16-17-32-84(65)101(85)60-22-13-11-14-23-60/h11,13-14,16-20,22-23,25-57H,9-10,12,15,21,24H2,1-8H3. The molecule has 7 nitrogen and oxygen atoms in total. The van der Waals surface area contributed by atoms with E-state index >= 15 is 9.59 Å². The van der Waals surface area contributed by atoms with Gasteiger partial charge in [-0.1, -0.05) is 226 Å². The van der Waals surface area contributed by atoms with Crippen LogP contribution in [0, 0.1) is 0 Å². The van der Waals surface area contributed by atoms with Gasteiger partial charge in [-0.05, 0) is 248 Å². The molecule has 0 atom stereocenters. The zero-order valence-electron chi connectivity index (χ0n) is 62.4. The fourth-order valence-corrected chi connectivity index (χ4v) is 21.1. The lowest BCUT2D eigenvalue weighted by Gasteiger charge is -2.33.